The number of carbonyl (C=O) groups excluding carboxylic acids is 1. The van der Waals surface area contributed by atoms with Crippen molar-refractivity contribution in [2.75, 3.05) is 19.6 Å². The summed E-state index contributed by atoms with van der Waals surface area (Å²) >= 11 is 0. The van der Waals surface area contributed by atoms with Crippen molar-refractivity contribution in [1.29, 1.82) is 0 Å². The zero-order valence-corrected chi connectivity index (χ0v) is 16.9. The number of carbonyl (C=O) groups is 1. The van der Waals surface area contributed by atoms with E-state index in [0.29, 0.717) is 18.9 Å². The van der Waals surface area contributed by atoms with Gasteiger partial charge in [0.2, 0.25) is 5.91 Å². The summed E-state index contributed by atoms with van der Waals surface area (Å²) in [5.74, 6) is 1.20. The third-order valence-corrected chi connectivity index (χ3v) is 6.07. The summed E-state index contributed by atoms with van der Waals surface area (Å²) in [6, 6.07) is 11.3. The van der Waals surface area contributed by atoms with Gasteiger partial charge < -0.3 is 10.3 Å². The normalized spacial score (nSPS) is 18.8. The van der Waals surface area contributed by atoms with Crippen LogP contribution in [0.1, 0.15) is 67.6 Å². The van der Waals surface area contributed by atoms with Crippen LogP contribution in [-0.4, -0.2) is 40.4 Å². The molecule has 0 bridgehead atoms. The predicted molar refractivity (Wildman–Crippen MR) is 113 cm³/mol. The molecule has 1 aliphatic heterocycles. The van der Waals surface area contributed by atoms with Crippen LogP contribution >= 0.6 is 0 Å². The summed E-state index contributed by atoms with van der Waals surface area (Å²) in [5.41, 5.74) is 1.66. The Balaban J connectivity index is 1.49. The molecule has 1 saturated carbocycles. The van der Waals surface area contributed by atoms with Crippen LogP contribution in [0.4, 0.5) is 0 Å². The van der Waals surface area contributed by atoms with Crippen LogP contribution in [0.15, 0.2) is 41.2 Å². The maximum atomic E-state index is 12.7. The van der Waals surface area contributed by atoms with E-state index < -0.39 is 0 Å². The molecular weight excluding hydrogens is 364 g/mol. The Morgan fingerprint density at radius 1 is 1.14 bits per heavy atom. The molecule has 6 nitrogen and oxygen atoms in total. The number of rotatable bonds is 7. The lowest BCUT2D eigenvalue weighted by Gasteiger charge is -2.27. The summed E-state index contributed by atoms with van der Waals surface area (Å²) < 4.78 is 0. The number of amides is 1. The average molecular weight is 395 g/mol. The fourth-order valence-electron chi connectivity index (χ4n) is 4.22. The number of nitrogens with zero attached hydrogens (tertiary/aromatic N) is 2. The van der Waals surface area contributed by atoms with Crippen LogP contribution in [0, 0.1) is 0 Å². The van der Waals surface area contributed by atoms with Gasteiger partial charge in [-0.25, -0.2) is 4.98 Å². The summed E-state index contributed by atoms with van der Waals surface area (Å²) in [4.78, 5) is 34.8. The van der Waals surface area contributed by atoms with Gasteiger partial charge in [0, 0.05) is 18.4 Å². The molecule has 2 N–H and O–H groups in total. The number of hydrogen-bond acceptors (Lipinski definition) is 4. The first-order valence-corrected chi connectivity index (χ1v) is 10.8. The van der Waals surface area contributed by atoms with Gasteiger partial charge in [-0.05, 0) is 44.3 Å². The standard InChI is InChI=1S/C23H30N4O2/c28-21-15-19(24-23(26-21)18-10-7-11-18)14-20(17-8-3-1-4-9-17)25-22(29)16-27-12-5-2-6-13-27/h1,3-4,8-9,15,18,20H,2,5-7,10-14,16H2,(H,25,29)(H,24,26,28)/t20-/m0/s1. The Kier molecular flexibility index (Phi) is 6.39. The molecule has 29 heavy (non-hydrogen) atoms. The van der Waals surface area contributed by atoms with E-state index in [1.807, 2.05) is 30.3 Å². The highest BCUT2D eigenvalue weighted by Gasteiger charge is 2.24. The van der Waals surface area contributed by atoms with E-state index in [4.69, 9.17) is 4.98 Å². The monoisotopic (exact) mass is 394 g/mol. The molecule has 1 amide bonds. The molecule has 2 aliphatic rings. The van der Waals surface area contributed by atoms with Gasteiger partial charge >= 0.3 is 0 Å². The Morgan fingerprint density at radius 3 is 2.59 bits per heavy atom. The zero-order chi connectivity index (χ0) is 20.1. The van der Waals surface area contributed by atoms with E-state index >= 15 is 0 Å². The molecule has 1 aliphatic carbocycles. The van der Waals surface area contributed by atoms with Crippen LogP contribution in [0.5, 0.6) is 0 Å². The maximum absolute atomic E-state index is 12.7. The third kappa shape index (κ3) is 5.32. The van der Waals surface area contributed by atoms with Gasteiger partial charge in [-0.15, -0.1) is 0 Å². The van der Waals surface area contributed by atoms with Crippen molar-refractivity contribution in [1.82, 2.24) is 20.2 Å². The third-order valence-electron chi connectivity index (χ3n) is 6.07. The zero-order valence-electron chi connectivity index (χ0n) is 16.9. The number of benzene rings is 1. The largest absolute Gasteiger partial charge is 0.348 e. The van der Waals surface area contributed by atoms with Crippen molar-refractivity contribution in [2.45, 2.75) is 56.9 Å². The van der Waals surface area contributed by atoms with Gasteiger partial charge in [-0.3, -0.25) is 14.5 Å². The van der Waals surface area contributed by atoms with E-state index in [1.165, 1.54) is 12.8 Å². The minimum atomic E-state index is -0.197. The second-order valence-corrected chi connectivity index (χ2v) is 8.32. The SMILES string of the molecule is O=C(CN1CCCCC1)N[C@@H](Cc1cc(=O)[nH]c(C2CCC2)n1)c1ccccc1. The lowest BCUT2D eigenvalue weighted by Crippen LogP contribution is -2.41. The molecule has 0 unspecified atom stereocenters. The summed E-state index contributed by atoms with van der Waals surface area (Å²) in [6.45, 7) is 2.41. The molecule has 6 heteroatoms. The van der Waals surface area contributed by atoms with E-state index in [9.17, 15) is 9.59 Å². The number of hydrogen-bond donors (Lipinski definition) is 2. The van der Waals surface area contributed by atoms with E-state index in [1.54, 1.807) is 6.07 Å². The molecule has 1 saturated heterocycles. The Morgan fingerprint density at radius 2 is 1.90 bits per heavy atom. The van der Waals surface area contributed by atoms with Crippen molar-refractivity contribution in [3.8, 4) is 0 Å². The first-order valence-electron chi connectivity index (χ1n) is 10.8. The van der Waals surface area contributed by atoms with Crippen LogP contribution in [-0.2, 0) is 11.2 Å². The van der Waals surface area contributed by atoms with Gasteiger partial charge in [-0.2, -0.15) is 0 Å². The summed E-state index contributed by atoms with van der Waals surface area (Å²) in [7, 11) is 0. The highest BCUT2D eigenvalue weighted by molar-refractivity contribution is 5.78. The quantitative estimate of drug-likeness (QED) is 0.757. The highest BCUT2D eigenvalue weighted by atomic mass is 16.2. The Labute approximate surface area is 171 Å². The minimum Gasteiger partial charge on any atom is -0.348 e. The molecule has 154 valence electrons. The van der Waals surface area contributed by atoms with Crippen molar-refractivity contribution in [2.24, 2.45) is 0 Å². The minimum absolute atomic E-state index is 0.0322. The first kappa shape index (κ1) is 19.8. The molecule has 2 heterocycles. The van der Waals surface area contributed by atoms with E-state index in [0.717, 1.165) is 55.9 Å². The van der Waals surface area contributed by atoms with Gasteiger partial charge in [0.1, 0.15) is 5.82 Å². The molecule has 1 aromatic carbocycles. The molecule has 1 aromatic heterocycles. The van der Waals surface area contributed by atoms with Crippen LogP contribution in [0.3, 0.4) is 0 Å². The van der Waals surface area contributed by atoms with Gasteiger partial charge in [0.15, 0.2) is 0 Å². The lowest BCUT2D eigenvalue weighted by molar-refractivity contribution is -0.123. The van der Waals surface area contributed by atoms with Crippen LogP contribution in [0.2, 0.25) is 0 Å². The van der Waals surface area contributed by atoms with E-state index in [2.05, 4.69) is 15.2 Å². The molecule has 0 spiro atoms. The van der Waals surface area contributed by atoms with Crippen LogP contribution in [0.25, 0.3) is 0 Å². The molecular formula is C23H30N4O2. The first-order chi connectivity index (χ1) is 14.2. The van der Waals surface area contributed by atoms with Crippen molar-refractivity contribution in [3.63, 3.8) is 0 Å². The highest BCUT2D eigenvalue weighted by Crippen LogP contribution is 2.34. The smallest absolute Gasteiger partial charge is 0.251 e. The lowest BCUT2D eigenvalue weighted by atomic mass is 9.85. The molecule has 4 rings (SSSR count). The Bertz CT molecular complexity index is 870. The molecule has 1 atom stereocenters. The molecule has 0 radical (unpaired) electrons. The van der Waals surface area contributed by atoms with Crippen molar-refractivity contribution in [3.05, 3.63) is 63.8 Å². The number of nitrogens with one attached hydrogen (secondary N) is 2. The van der Waals surface area contributed by atoms with Gasteiger partial charge in [0.05, 0.1) is 18.3 Å². The van der Waals surface area contributed by atoms with Gasteiger partial charge in [0.25, 0.3) is 5.56 Å². The Hall–Kier alpha value is -2.47. The second kappa shape index (κ2) is 9.35. The number of likely N-dealkylation sites (tertiary alicyclic amines) is 1. The average Bonchev–Trinajstić information content (AvgIpc) is 2.67. The van der Waals surface area contributed by atoms with Crippen molar-refractivity contribution >= 4 is 5.91 Å². The number of piperidine rings is 1. The fraction of sp³-hybridized carbons (Fsp3) is 0.522. The van der Waals surface area contributed by atoms with Gasteiger partial charge in [-0.1, -0.05) is 43.2 Å². The van der Waals surface area contributed by atoms with E-state index in [-0.39, 0.29) is 17.5 Å². The summed E-state index contributed by atoms with van der Waals surface area (Å²) in [5, 5.41) is 3.19. The fourth-order valence-corrected chi connectivity index (χ4v) is 4.22. The molecule has 2 aromatic rings. The van der Waals surface area contributed by atoms with Crippen molar-refractivity contribution < 1.29 is 4.79 Å². The number of aromatic amines is 1. The van der Waals surface area contributed by atoms with Crippen LogP contribution < -0.4 is 10.9 Å². The summed E-state index contributed by atoms with van der Waals surface area (Å²) in [6.07, 6.45) is 7.45. The number of aromatic nitrogens is 2. The predicted octanol–water partition coefficient (Wildman–Crippen LogP) is 2.92. The topological polar surface area (TPSA) is 78.1 Å². The number of H-pyrrole nitrogens is 1. The molecule has 2 fully saturated rings. The second-order valence-electron chi connectivity index (χ2n) is 8.32. The maximum Gasteiger partial charge on any atom is 0.251 e.